The molecule has 0 aliphatic carbocycles. The van der Waals surface area contributed by atoms with Gasteiger partial charge in [0.05, 0.1) is 6.04 Å². The van der Waals surface area contributed by atoms with Crippen molar-refractivity contribution in [2.75, 3.05) is 0 Å². The summed E-state index contributed by atoms with van der Waals surface area (Å²) in [6.45, 7) is 2.06. The van der Waals surface area contributed by atoms with Gasteiger partial charge in [-0.2, -0.15) is 0 Å². The van der Waals surface area contributed by atoms with Crippen LogP contribution in [-0.2, 0) is 4.79 Å². The van der Waals surface area contributed by atoms with Crippen molar-refractivity contribution >= 4 is 21.8 Å². The predicted molar refractivity (Wildman–Crippen MR) is 59.0 cm³/mol. The Balaban J connectivity index is 2.28. The Morgan fingerprint density at radius 2 is 2.29 bits per heavy atom. The van der Waals surface area contributed by atoms with E-state index in [1.165, 1.54) is 11.1 Å². The van der Waals surface area contributed by atoms with Crippen molar-refractivity contribution in [2.24, 2.45) is 0 Å². The van der Waals surface area contributed by atoms with Crippen molar-refractivity contribution in [3.63, 3.8) is 0 Å². The molecule has 0 radical (unpaired) electrons. The third-order valence-corrected chi connectivity index (χ3v) is 3.21. The van der Waals surface area contributed by atoms with Crippen LogP contribution in [0.4, 0.5) is 0 Å². The van der Waals surface area contributed by atoms with Crippen molar-refractivity contribution in [3.05, 3.63) is 33.8 Å². The molecule has 1 amide bonds. The van der Waals surface area contributed by atoms with Crippen LogP contribution in [-0.4, -0.2) is 5.91 Å². The lowest BCUT2D eigenvalue weighted by Gasteiger charge is -2.12. The lowest BCUT2D eigenvalue weighted by atomic mass is 10.0. The van der Waals surface area contributed by atoms with Gasteiger partial charge in [0.15, 0.2) is 0 Å². The Kier molecular flexibility index (Phi) is 2.59. The first-order valence-electron chi connectivity index (χ1n) is 4.72. The standard InChI is InChI=1S/C11H12BrNO/c1-7-2-3-8(9(12)6-7)10-4-5-11(14)13-10/h2-3,6,10H,4-5H2,1H3,(H,13,14)/t10-/m1/s1. The number of nitrogens with one attached hydrogen (secondary N) is 1. The van der Waals surface area contributed by atoms with Crippen LogP contribution in [0.5, 0.6) is 0 Å². The van der Waals surface area contributed by atoms with E-state index in [4.69, 9.17) is 0 Å². The quantitative estimate of drug-likeness (QED) is 0.820. The first kappa shape index (κ1) is 9.71. The maximum Gasteiger partial charge on any atom is 0.220 e. The van der Waals surface area contributed by atoms with Crippen LogP contribution in [0, 0.1) is 6.92 Å². The van der Waals surface area contributed by atoms with E-state index in [1.54, 1.807) is 0 Å². The van der Waals surface area contributed by atoms with Gasteiger partial charge in [0, 0.05) is 10.9 Å². The zero-order chi connectivity index (χ0) is 10.1. The number of benzene rings is 1. The van der Waals surface area contributed by atoms with Crippen molar-refractivity contribution in [1.29, 1.82) is 0 Å². The molecule has 1 heterocycles. The van der Waals surface area contributed by atoms with Gasteiger partial charge in [-0.25, -0.2) is 0 Å². The van der Waals surface area contributed by atoms with Crippen molar-refractivity contribution in [3.8, 4) is 0 Å². The smallest absolute Gasteiger partial charge is 0.220 e. The second-order valence-electron chi connectivity index (χ2n) is 3.68. The lowest BCUT2D eigenvalue weighted by molar-refractivity contribution is -0.119. The molecule has 1 aliphatic heterocycles. The SMILES string of the molecule is Cc1ccc([C@H]2CCC(=O)N2)c(Br)c1. The van der Waals surface area contributed by atoms with Gasteiger partial charge in [-0.15, -0.1) is 0 Å². The van der Waals surface area contributed by atoms with Gasteiger partial charge < -0.3 is 5.32 Å². The van der Waals surface area contributed by atoms with E-state index in [0.717, 1.165) is 10.9 Å². The average molecular weight is 254 g/mol. The summed E-state index contributed by atoms with van der Waals surface area (Å²) in [5.74, 6) is 0.155. The Morgan fingerprint density at radius 3 is 2.86 bits per heavy atom. The lowest BCUT2D eigenvalue weighted by Crippen LogP contribution is -2.18. The molecule has 1 aromatic carbocycles. The number of hydrogen-bond donors (Lipinski definition) is 1. The molecule has 1 fully saturated rings. The molecule has 0 bridgehead atoms. The monoisotopic (exact) mass is 253 g/mol. The van der Waals surface area contributed by atoms with Crippen LogP contribution in [0.25, 0.3) is 0 Å². The zero-order valence-electron chi connectivity index (χ0n) is 8.01. The molecule has 3 heteroatoms. The minimum atomic E-state index is 0.155. The fourth-order valence-corrected chi connectivity index (χ4v) is 2.53. The molecule has 0 unspecified atom stereocenters. The molecule has 0 aromatic heterocycles. The van der Waals surface area contributed by atoms with E-state index in [0.29, 0.717) is 6.42 Å². The Hall–Kier alpha value is -0.830. The molecule has 1 aromatic rings. The predicted octanol–water partition coefficient (Wildman–Crippen LogP) is 2.71. The van der Waals surface area contributed by atoms with Crippen molar-refractivity contribution in [1.82, 2.24) is 5.32 Å². The summed E-state index contributed by atoms with van der Waals surface area (Å²) < 4.78 is 1.09. The van der Waals surface area contributed by atoms with Gasteiger partial charge in [-0.3, -0.25) is 4.79 Å². The highest BCUT2D eigenvalue weighted by atomic mass is 79.9. The number of carbonyl (C=O) groups is 1. The highest BCUT2D eigenvalue weighted by Gasteiger charge is 2.23. The van der Waals surface area contributed by atoms with E-state index in [9.17, 15) is 4.79 Å². The molecule has 1 saturated heterocycles. The summed E-state index contributed by atoms with van der Waals surface area (Å²) in [6, 6.07) is 6.43. The fraction of sp³-hybridized carbons (Fsp3) is 0.364. The Morgan fingerprint density at radius 1 is 1.50 bits per heavy atom. The fourth-order valence-electron chi connectivity index (χ4n) is 1.76. The molecule has 0 saturated carbocycles. The van der Waals surface area contributed by atoms with Crippen LogP contribution < -0.4 is 5.32 Å². The van der Waals surface area contributed by atoms with Crippen LogP contribution in [0.2, 0.25) is 0 Å². The van der Waals surface area contributed by atoms with Crippen LogP contribution in [0.15, 0.2) is 22.7 Å². The van der Waals surface area contributed by atoms with Crippen molar-refractivity contribution in [2.45, 2.75) is 25.8 Å². The molecule has 1 N–H and O–H groups in total. The second-order valence-corrected chi connectivity index (χ2v) is 4.54. The summed E-state index contributed by atoms with van der Waals surface area (Å²) in [4.78, 5) is 11.1. The first-order valence-corrected chi connectivity index (χ1v) is 5.51. The summed E-state index contributed by atoms with van der Waals surface area (Å²) in [6.07, 6.45) is 1.55. The largest absolute Gasteiger partial charge is 0.349 e. The molecule has 14 heavy (non-hydrogen) atoms. The van der Waals surface area contributed by atoms with Gasteiger partial charge in [-0.1, -0.05) is 28.1 Å². The maximum atomic E-state index is 11.1. The van der Waals surface area contributed by atoms with Gasteiger partial charge in [-0.05, 0) is 30.5 Å². The molecule has 0 spiro atoms. The average Bonchev–Trinajstić information content (AvgIpc) is 2.51. The summed E-state index contributed by atoms with van der Waals surface area (Å²) >= 11 is 3.53. The number of amides is 1. The molecule has 1 aliphatic rings. The molecular weight excluding hydrogens is 242 g/mol. The normalized spacial score (nSPS) is 21.0. The summed E-state index contributed by atoms with van der Waals surface area (Å²) in [5.41, 5.74) is 2.41. The van der Waals surface area contributed by atoms with Gasteiger partial charge in [0.25, 0.3) is 0 Å². The number of carbonyl (C=O) groups excluding carboxylic acids is 1. The number of halogens is 1. The molecular formula is C11H12BrNO. The summed E-state index contributed by atoms with van der Waals surface area (Å²) in [5, 5.41) is 2.96. The molecule has 74 valence electrons. The van der Waals surface area contributed by atoms with Crippen molar-refractivity contribution < 1.29 is 4.79 Å². The van der Waals surface area contributed by atoms with Gasteiger partial charge in [0.2, 0.25) is 5.91 Å². The van der Waals surface area contributed by atoms with E-state index in [1.807, 2.05) is 0 Å². The van der Waals surface area contributed by atoms with Crippen LogP contribution >= 0.6 is 15.9 Å². The Labute approximate surface area is 91.8 Å². The number of aryl methyl sites for hydroxylation is 1. The minimum absolute atomic E-state index is 0.155. The minimum Gasteiger partial charge on any atom is -0.349 e. The molecule has 2 rings (SSSR count). The van der Waals surface area contributed by atoms with E-state index in [2.05, 4.69) is 46.4 Å². The Bertz CT molecular complexity index is 376. The zero-order valence-corrected chi connectivity index (χ0v) is 9.60. The number of hydrogen-bond acceptors (Lipinski definition) is 1. The van der Waals surface area contributed by atoms with Crippen LogP contribution in [0.3, 0.4) is 0 Å². The van der Waals surface area contributed by atoms with E-state index in [-0.39, 0.29) is 11.9 Å². The topological polar surface area (TPSA) is 29.1 Å². The number of rotatable bonds is 1. The van der Waals surface area contributed by atoms with E-state index < -0.39 is 0 Å². The van der Waals surface area contributed by atoms with Crippen LogP contribution in [0.1, 0.15) is 30.0 Å². The summed E-state index contributed by atoms with van der Waals surface area (Å²) in [7, 11) is 0. The van der Waals surface area contributed by atoms with Gasteiger partial charge >= 0.3 is 0 Å². The van der Waals surface area contributed by atoms with E-state index >= 15 is 0 Å². The third-order valence-electron chi connectivity index (χ3n) is 2.53. The molecule has 1 atom stereocenters. The highest BCUT2D eigenvalue weighted by molar-refractivity contribution is 9.10. The van der Waals surface area contributed by atoms with Gasteiger partial charge in [0.1, 0.15) is 0 Å². The first-order chi connectivity index (χ1) is 6.66. The third kappa shape index (κ3) is 1.82. The maximum absolute atomic E-state index is 11.1. The second kappa shape index (κ2) is 3.73. The molecule has 2 nitrogen and oxygen atoms in total. The highest BCUT2D eigenvalue weighted by Crippen LogP contribution is 2.30.